The lowest BCUT2D eigenvalue weighted by Gasteiger charge is -2.25. The van der Waals surface area contributed by atoms with E-state index in [4.69, 9.17) is 0 Å². The predicted molar refractivity (Wildman–Crippen MR) is 86.8 cm³/mol. The van der Waals surface area contributed by atoms with Crippen molar-refractivity contribution < 1.29 is 19.2 Å². The lowest BCUT2D eigenvalue weighted by molar-refractivity contribution is -0.130. The molecule has 0 aromatic heterocycles. The number of carbonyl (C=O) groups is 3. The Morgan fingerprint density at radius 2 is 2.00 bits per heavy atom. The zero-order chi connectivity index (χ0) is 17.5. The van der Waals surface area contributed by atoms with Crippen LogP contribution < -0.4 is 10.6 Å². The molecule has 7 heteroatoms. The van der Waals surface area contributed by atoms with Crippen molar-refractivity contribution in [3.05, 3.63) is 35.9 Å². The summed E-state index contributed by atoms with van der Waals surface area (Å²) in [5, 5.41) is 4.92. The summed E-state index contributed by atoms with van der Waals surface area (Å²) in [6.07, 6.45) is 2.84. The van der Waals surface area contributed by atoms with E-state index >= 15 is 0 Å². The van der Waals surface area contributed by atoms with Gasteiger partial charge in [0.1, 0.15) is 12.1 Å². The lowest BCUT2D eigenvalue weighted by Crippen LogP contribution is -2.52. The van der Waals surface area contributed by atoms with E-state index in [1.54, 1.807) is 30.6 Å². The third kappa shape index (κ3) is 4.18. The van der Waals surface area contributed by atoms with Crippen LogP contribution in [0.15, 0.2) is 30.3 Å². The molecule has 1 aromatic carbocycles. The summed E-state index contributed by atoms with van der Waals surface area (Å²) in [5.41, 5.74) is 0.532. The molecule has 0 spiro atoms. The fourth-order valence-corrected chi connectivity index (χ4v) is 2.68. The van der Waals surface area contributed by atoms with E-state index < -0.39 is 18.0 Å². The van der Waals surface area contributed by atoms with E-state index in [-0.39, 0.29) is 18.4 Å². The molecular formula is C17H20N3O4. The highest BCUT2D eigenvalue weighted by Crippen LogP contribution is 2.20. The second-order valence-electron chi connectivity index (χ2n) is 5.62. The zero-order valence-corrected chi connectivity index (χ0v) is 13.5. The first-order valence-corrected chi connectivity index (χ1v) is 7.83. The molecule has 1 aromatic rings. The SMILES string of the molecule is C[C@H](NC(=O)[C@@H]1CCCN1C(=O)c1ccccc1)C(=O)NC[C]=O. The molecule has 0 bridgehead atoms. The molecule has 1 aliphatic heterocycles. The lowest BCUT2D eigenvalue weighted by atomic mass is 10.1. The van der Waals surface area contributed by atoms with E-state index in [0.29, 0.717) is 18.5 Å². The van der Waals surface area contributed by atoms with Gasteiger partial charge >= 0.3 is 0 Å². The molecule has 0 unspecified atom stereocenters. The van der Waals surface area contributed by atoms with Crippen molar-refractivity contribution in [2.45, 2.75) is 31.8 Å². The minimum absolute atomic E-state index is 0.194. The van der Waals surface area contributed by atoms with Crippen LogP contribution in [0.25, 0.3) is 0 Å². The molecule has 1 aliphatic rings. The van der Waals surface area contributed by atoms with Gasteiger partial charge in [0.05, 0.1) is 6.54 Å². The van der Waals surface area contributed by atoms with Crippen molar-refractivity contribution in [3.63, 3.8) is 0 Å². The number of benzene rings is 1. The summed E-state index contributed by atoms with van der Waals surface area (Å²) in [4.78, 5) is 48.3. The van der Waals surface area contributed by atoms with Crippen LogP contribution in [0.5, 0.6) is 0 Å². The minimum atomic E-state index is -0.792. The molecule has 7 nitrogen and oxygen atoms in total. The number of carbonyl (C=O) groups excluding carboxylic acids is 4. The Hall–Kier alpha value is -2.70. The standard InChI is InChI=1S/C17H20N3O4/c1-12(15(22)18-9-11-21)19-16(23)14-8-5-10-20(14)17(24)13-6-3-2-4-7-13/h2-4,6-7,12,14H,5,8-10H2,1H3,(H,18,22)(H,19,23)/t12-,14-/m0/s1. The molecule has 3 amide bonds. The highest BCUT2D eigenvalue weighted by molar-refractivity contribution is 5.98. The minimum Gasteiger partial charge on any atom is -0.347 e. The Labute approximate surface area is 140 Å². The number of hydrogen-bond acceptors (Lipinski definition) is 4. The number of amides is 3. The quantitative estimate of drug-likeness (QED) is 0.769. The van der Waals surface area contributed by atoms with Gasteiger partial charge in [0.25, 0.3) is 5.91 Å². The van der Waals surface area contributed by atoms with Crippen molar-refractivity contribution in [2.24, 2.45) is 0 Å². The van der Waals surface area contributed by atoms with E-state index in [1.165, 1.54) is 11.8 Å². The van der Waals surface area contributed by atoms with Crippen molar-refractivity contribution in [1.29, 1.82) is 0 Å². The molecule has 0 aliphatic carbocycles. The first-order chi connectivity index (χ1) is 11.5. The van der Waals surface area contributed by atoms with E-state index in [2.05, 4.69) is 10.6 Å². The van der Waals surface area contributed by atoms with Gasteiger partial charge in [-0.15, -0.1) is 0 Å². The number of rotatable bonds is 6. The molecule has 2 rings (SSSR count). The molecule has 2 atom stereocenters. The smallest absolute Gasteiger partial charge is 0.254 e. The van der Waals surface area contributed by atoms with Gasteiger partial charge in [-0.1, -0.05) is 18.2 Å². The Bertz CT molecular complexity index is 618. The van der Waals surface area contributed by atoms with Crippen LogP contribution in [0.4, 0.5) is 0 Å². The van der Waals surface area contributed by atoms with Gasteiger partial charge < -0.3 is 15.5 Å². The highest BCUT2D eigenvalue weighted by atomic mass is 16.2. The van der Waals surface area contributed by atoms with Gasteiger partial charge in [-0.05, 0) is 31.9 Å². The zero-order valence-electron chi connectivity index (χ0n) is 13.5. The highest BCUT2D eigenvalue weighted by Gasteiger charge is 2.35. The maximum atomic E-state index is 12.5. The molecule has 1 radical (unpaired) electrons. The second kappa shape index (κ2) is 8.24. The Kier molecular flexibility index (Phi) is 6.06. The third-order valence-electron chi connectivity index (χ3n) is 3.92. The molecular weight excluding hydrogens is 310 g/mol. The van der Waals surface area contributed by atoms with Gasteiger partial charge in [0.15, 0.2) is 0 Å². The van der Waals surface area contributed by atoms with Crippen molar-refractivity contribution in [2.75, 3.05) is 13.1 Å². The molecule has 24 heavy (non-hydrogen) atoms. The maximum absolute atomic E-state index is 12.5. The van der Waals surface area contributed by atoms with Crippen LogP contribution in [0.3, 0.4) is 0 Å². The van der Waals surface area contributed by atoms with E-state index in [1.807, 2.05) is 6.07 Å². The van der Waals surface area contributed by atoms with Crippen LogP contribution in [0.1, 0.15) is 30.1 Å². The molecule has 2 N–H and O–H groups in total. The van der Waals surface area contributed by atoms with Gasteiger partial charge in [-0.2, -0.15) is 0 Å². The topological polar surface area (TPSA) is 95.6 Å². The summed E-state index contributed by atoms with van der Waals surface area (Å²) >= 11 is 0. The van der Waals surface area contributed by atoms with Crippen LogP contribution >= 0.6 is 0 Å². The number of nitrogens with zero attached hydrogens (tertiary/aromatic N) is 1. The van der Waals surface area contributed by atoms with Crippen LogP contribution in [0, 0.1) is 0 Å². The Balaban J connectivity index is 1.99. The summed E-state index contributed by atoms with van der Waals surface area (Å²) in [6.45, 7) is 1.81. The van der Waals surface area contributed by atoms with Crippen LogP contribution in [-0.4, -0.2) is 54.1 Å². The number of nitrogens with one attached hydrogen (secondary N) is 2. The third-order valence-corrected chi connectivity index (χ3v) is 3.92. The normalized spacial score (nSPS) is 17.9. The molecule has 127 valence electrons. The Morgan fingerprint density at radius 3 is 2.67 bits per heavy atom. The van der Waals surface area contributed by atoms with E-state index in [9.17, 15) is 19.2 Å². The molecule has 1 heterocycles. The first-order valence-electron chi connectivity index (χ1n) is 7.83. The van der Waals surface area contributed by atoms with E-state index in [0.717, 1.165) is 6.42 Å². The monoisotopic (exact) mass is 330 g/mol. The first kappa shape index (κ1) is 17.7. The van der Waals surface area contributed by atoms with Crippen molar-refractivity contribution in [3.8, 4) is 0 Å². The van der Waals surface area contributed by atoms with Gasteiger partial charge in [-0.3, -0.25) is 19.2 Å². The predicted octanol–water partition coefficient (Wildman–Crippen LogP) is 0.0218. The fourth-order valence-electron chi connectivity index (χ4n) is 2.68. The summed E-state index contributed by atoms with van der Waals surface area (Å²) < 4.78 is 0. The molecule has 0 saturated carbocycles. The molecule has 1 saturated heterocycles. The second-order valence-corrected chi connectivity index (χ2v) is 5.62. The van der Waals surface area contributed by atoms with Gasteiger partial charge in [0, 0.05) is 12.1 Å². The summed E-state index contributed by atoms with van der Waals surface area (Å²) in [6, 6.07) is 7.40. The summed E-state index contributed by atoms with van der Waals surface area (Å²) in [5.74, 6) is -1.03. The average molecular weight is 330 g/mol. The average Bonchev–Trinajstić information content (AvgIpc) is 3.09. The fraction of sp³-hybridized carbons (Fsp3) is 0.412. The Morgan fingerprint density at radius 1 is 1.29 bits per heavy atom. The summed E-state index contributed by atoms with van der Waals surface area (Å²) in [7, 11) is 0. The van der Waals surface area contributed by atoms with Crippen molar-refractivity contribution in [1.82, 2.24) is 15.5 Å². The van der Waals surface area contributed by atoms with Gasteiger partial charge in [0.2, 0.25) is 18.1 Å². The van der Waals surface area contributed by atoms with Crippen LogP contribution in [0.2, 0.25) is 0 Å². The number of likely N-dealkylation sites (tertiary alicyclic amines) is 1. The maximum Gasteiger partial charge on any atom is 0.254 e. The number of hydrogen-bond donors (Lipinski definition) is 2. The largest absolute Gasteiger partial charge is 0.347 e. The molecule has 1 fully saturated rings. The van der Waals surface area contributed by atoms with Gasteiger partial charge in [-0.25, -0.2) is 0 Å². The van der Waals surface area contributed by atoms with Crippen LogP contribution in [-0.2, 0) is 14.4 Å². The van der Waals surface area contributed by atoms with Crippen molar-refractivity contribution >= 4 is 24.0 Å².